The number of alkyl halides is 3. The van der Waals surface area contributed by atoms with Gasteiger partial charge in [-0.05, 0) is 48.4 Å². The highest BCUT2D eigenvalue weighted by Crippen LogP contribution is 2.54. The molecule has 2 aromatic rings. The summed E-state index contributed by atoms with van der Waals surface area (Å²) >= 11 is 0.947. The van der Waals surface area contributed by atoms with Crippen molar-refractivity contribution in [3.8, 4) is 5.75 Å². The molecule has 1 aliphatic rings. The van der Waals surface area contributed by atoms with E-state index in [9.17, 15) is 30.7 Å². The molecule has 1 nitrogen and oxygen atoms in total. The molecule has 0 saturated heterocycles. The monoisotopic (exact) mass is 460 g/mol. The second kappa shape index (κ2) is 9.21. The van der Waals surface area contributed by atoms with Crippen molar-refractivity contribution in [2.75, 3.05) is 0 Å². The fourth-order valence-electron chi connectivity index (χ4n) is 3.31. The van der Waals surface area contributed by atoms with Crippen LogP contribution < -0.4 is 4.74 Å². The summed E-state index contributed by atoms with van der Waals surface area (Å²) in [4.78, 5) is 0.446. The number of rotatable bonds is 6. The maximum atomic E-state index is 14.3. The minimum absolute atomic E-state index is 0.0401. The quantitative estimate of drug-likeness (QED) is 0.320. The van der Waals surface area contributed by atoms with Crippen LogP contribution in [-0.4, -0.2) is 10.9 Å². The van der Waals surface area contributed by atoms with E-state index in [1.54, 1.807) is 12.2 Å². The molecule has 2 unspecified atom stereocenters. The van der Waals surface area contributed by atoms with E-state index in [0.717, 1.165) is 36.0 Å². The maximum absolute atomic E-state index is 14.3. The van der Waals surface area contributed by atoms with Crippen molar-refractivity contribution in [1.29, 1.82) is 0 Å². The van der Waals surface area contributed by atoms with Crippen LogP contribution in [-0.2, 0) is 0 Å². The lowest BCUT2D eigenvalue weighted by molar-refractivity contribution is -0.155. The lowest BCUT2D eigenvalue weighted by atomic mass is 9.80. The van der Waals surface area contributed by atoms with Gasteiger partial charge in [0, 0.05) is 4.90 Å². The Morgan fingerprint density at radius 1 is 0.935 bits per heavy atom. The Morgan fingerprint density at radius 2 is 1.58 bits per heavy atom. The van der Waals surface area contributed by atoms with Crippen LogP contribution in [0.2, 0.25) is 0 Å². The third kappa shape index (κ3) is 5.52. The van der Waals surface area contributed by atoms with Crippen molar-refractivity contribution >= 4 is 11.8 Å². The standard InChI is InChI=1S/C22H15F7OS/c23-15-6-10-17(11-7-15)31-21(12-2-1-3-13-21)18(22(27,28)29)14-4-8-16(9-5-14)30-20(26)19(24)25/h1-12,18H,13H2. The smallest absolute Gasteiger partial charge is 0.397 e. The summed E-state index contributed by atoms with van der Waals surface area (Å²) in [5, 5.41) is 0. The van der Waals surface area contributed by atoms with Crippen molar-refractivity contribution < 1.29 is 35.5 Å². The van der Waals surface area contributed by atoms with E-state index >= 15 is 0 Å². The highest BCUT2D eigenvalue weighted by Gasteiger charge is 2.53. The number of halogens is 7. The highest BCUT2D eigenvalue weighted by atomic mass is 32.2. The van der Waals surface area contributed by atoms with E-state index in [-0.39, 0.29) is 17.7 Å². The van der Waals surface area contributed by atoms with Crippen LogP contribution in [0.15, 0.2) is 89.8 Å². The van der Waals surface area contributed by atoms with Crippen LogP contribution in [0.3, 0.4) is 0 Å². The van der Waals surface area contributed by atoms with E-state index in [1.807, 2.05) is 0 Å². The van der Waals surface area contributed by atoms with Crippen molar-refractivity contribution in [3.05, 3.63) is 96.3 Å². The summed E-state index contributed by atoms with van der Waals surface area (Å²) in [5.41, 5.74) is -0.153. The lowest BCUT2D eigenvalue weighted by Gasteiger charge is -2.40. The summed E-state index contributed by atoms with van der Waals surface area (Å²) in [6.07, 6.45) is -1.11. The molecule has 0 aliphatic heterocycles. The predicted octanol–water partition coefficient (Wildman–Crippen LogP) is 7.93. The maximum Gasteiger partial charge on any atom is 0.397 e. The van der Waals surface area contributed by atoms with Gasteiger partial charge in [0.15, 0.2) is 0 Å². The molecular formula is C22H15F7OS. The molecule has 0 heterocycles. The van der Waals surface area contributed by atoms with Gasteiger partial charge in [-0.15, -0.1) is 11.8 Å². The topological polar surface area (TPSA) is 9.23 Å². The number of allylic oxidation sites excluding steroid dienone is 3. The molecule has 2 atom stereocenters. The van der Waals surface area contributed by atoms with Crippen LogP contribution in [0.1, 0.15) is 17.9 Å². The SMILES string of the molecule is FC(F)=C(F)Oc1ccc(C(C(F)(F)F)C2(Sc3ccc(F)cc3)C=CC=CC2)cc1. The molecule has 0 N–H and O–H groups in total. The van der Waals surface area contributed by atoms with E-state index in [2.05, 4.69) is 4.74 Å². The summed E-state index contributed by atoms with van der Waals surface area (Å²) in [6.45, 7) is 0. The molecule has 0 spiro atoms. The van der Waals surface area contributed by atoms with Crippen molar-refractivity contribution in [2.24, 2.45) is 0 Å². The number of hydrogen-bond acceptors (Lipinski definition) is 2. The number of thioether (sulfide) groups is 1. The second-order valence-electron chi connectivity index (χ2n) is 6.68. The average molecular weight is 460 g/mol. The van der Waals surface area contributed by atoms with Gasteiger partial charge >= 0.3 is 18.3 Å². The number of benzene rings is 2. The van der Waals surface area contributed by atoms with E-state index in [4.69, 9.17) is 0 Å². The van der Waals surface area contributed by atoms with Gasteiger partial charge in [-0.25, -0.2) is 4.39 Å². The summed E-state index contributed by atoms with van der Waals surface area (Å²) in [6, 6.07) is 7.14. The summed E-state index contributed by atoms with van der Waals surface area (Å²) in [5.74, 6) is -2.87. The minimum Gasteiger partial charge on any atom is -0.428 e. The van der Waals surface area contributed by atoms with Gasteiger partial charge in [-0.2, -0.15) is 26.3 Å². The van der Waals surface area contributed by atoms with E-state index in [0.29, 0.717) is 4.90 Å². The first-order valence-corrected chi connectivity index (χ1v) is 9.77. The second-order valence-corrected chi connectivity index (χ2v) is 8.12. The van der Waals surface area contributed by atoms with Gasteiger partial charge in [0.05, 0.1) is 10.7 Å². The number of hydrogen-bond donors (Lipinski definition) is 0. The molecule has 1 aliphatic carbocycles. The Hall–Kier alpha value is -2.68. The zero-order valence-corrected chi connectivity index (χ0v) is 16.5. The van der Waals surface area contributed by atoms with Gasteiger partial charge in [-0.3, -0.25) is 0 Å². The zero-order chi connectivity index (χ0) is 22.6. The third-order valence-electron chi connectivity index (χ3n) is 4.57. The average Bonchev–Trinajstić information content (AvgIpc) is 2.71. The van der Waals surface area contributed by atoms with Crippen LogP contribution >= 0.6 is 11.8 Å². The summed E-state index contributed by atoms with van der Waals surface area (Å²) in [7, 11) is 0. The first-order valence-electron chi connectivity index (χ1n) is 8.95. The Balaban J connectivity index is 2.01. The third-order valence-corrected chi connectivity index (χ3v) is 6.00. The molecule has 0 fully saturated rings. The molecular weight excluding hydrogens is 445 g/mol. The van der Waals surface area contributed by atoms with Crippen LogP contribution in [0.25, 0.3) is 0 Å². The largest absolute Gasteiger partial charge is 0.428 e. The normalized spacial score (nSPS) is 19.2. The molecule has 9 heteroatoms. The Labute approximate surface area is 177 Å². The molecule has 164 valence electrons. The first-order chi connectivity index (χ1) is 14.6. The Bertz CT molecular complexity index is 990. The fourth-order valence-corrected chi connectivity index (χ4v) is 4.73. The van der Waals surface area contributed by atoms with Gasteiger partial charge in [0.1, 0.15) is 11.6 Å². The Kier molecular flexibility index (Phi) is 6.83. The first kappa shape index (κ1) is 23.0. The molecule has 0 radical (unpaired) electrons. The molecule has 0 bridgehead atoms. The van der Waals surface area contributed by atoms with Gasteiger partial charge in [0.25, 0.3) is 0 Å². The molecule has 2 aromatic carbocycles. The van der Waals surface area contributed by atoms with E-state index in [1.165, 1.54) is 36.4 Å². The molecule has 3 rings (SSSR count). The van der Waals surface area contributed by atoms with Gasteiger partial charge in [0.2, 0.25) is 0 Å². The molecule has 0 amide bonds. The van der Waals surface area contributed by atoms with Gasteiger partial charge in [-0.1, -0.05) is 36.4 Å². The van der Waals surface area contributed by atoms with Crippen molar-refractivity contribution in [2.45, 2.75) is 28.2 Å². The lowest BCUT2D eigenvalue weighted by Crippen LogP contribution is -2.40. The fraction of sp³-hybridized carbons (Fsp3) is 0.182. The van der Waals surface area contributed by atoms with Crippen molar-refractivity contribution in [1.82, 2.24) is 0 Å². The van der Waals surface area contributed by atoms with Crippen LogP contribution in [0, 0.1) is 5.82 Å². The molecule has 0 saturated carbocycles. The van der Waals surface area contributed by atoms with Crippen LogP contribution in [0.4, 0.5) is 30.7 Å². The Morgan fingerprint density at radius 3 is 2.10 bits per heavy atom. The summed E-state index contributed by atoms with van der Waals surface area (Å²) < 4.78 is 96.3. The minimum atomic E-state index is -4.68. The molecule has 31 heavy (non-hydrogen) atoms. The van der Waals surface area contributed by atoms with E-state index < -0.39 is 34.8 Å². The highest BCUT2D eigenvalue weighted by molar-refractivity contribution is 8.01. The molecule has 0 aromatic heterocycles. The van der Waals surface area contributed by atoms with Crippen molar-refractivity contribution in [3.63, 3.8) is 0 Å². The zero-order valence-electron chi connectivity index (χ0n) is 15.7. The predicted molar refractivity (Wildman–Crippen MR) is 104 cm³/mol. The number of ether oxygens (including phenoxy) is 1. The van der Waals surface area contributed by atoms with Crippen LogP contribution in [0.5, 0.6) is 5.75 Å². The van der Waals surface area contributed by atoms with Gasteiger partial charge < -0.3 is 4.74 Å².